The molecule has 0 fully saturated rings. The first-order chi connectivity index (χ1) is 13.5. The van der Waals surface area contributed by atoms with Gasteiger partial charge in [0.2, 0.25) is 5.13 Å². The number of para-hydroxylation sites is 1. The Kier molecular flexibility index (Phi) is 5.25. The summed E-state index contributed by atoms with van der Waals surface area (Å²) in [6, 6.07) is 9.75. The van der Waals surface area contributed by atoms with Gasteiger partial charge in [0.05, 0.1) is 16.0 Å². The zero-order chi connectivity index (χ0) is 19.7. The van der Waals surface area contributed by atoms with Crippen LogP contribution in [0.4, 0.5) is 10.8 Å². The molecule has 0 aliphatic carbocycles. The highest BCUT2D eigenvalue weighted by atomic mass is 32.2. The van der Waals surface area contributed by atoms with Crippen molar-refractivity contribution in [3.63, 3.8) is 0 Å². The van der Waals surface area contributed by atoms with Gasteiger partial charge in [-0.3, -0.25) is 9.59 Å². The van der Waals surface area contributed by atoms with E-state index in [9.17, 15) is 9.59 Å². The first-order valence-electron chi connectivity index (χ1n) is 8.33. The number of carbonyl (C=O) groups is 1. The Morgan fingerprint density at radius 2 is 2.00 bits per heavy atom. The maximum absolute atomic E-state index is 12.4. The topological polar surface area (TPSA) is 101 Å². The highest BCUT2D eigenvalue weighted by Crippen LogP contribution is 2.31. The molecule has 1 aromatic carbocycles. The van der Waals surface area contributed by atoms with E-state index in [4.69, 9.17) is 0 Å². The number of anilines is 2. The monoisotopic (exact) mass is 429 g/mol. The second kappa shape index (κ2) is 7.82. The van der Waals surface area contributed by atoms with Crippen molar-refractivity contribution >= 4 is 61.3 Å². The lowest BCUT2D eigenvalue weighted by atomic mass is 10.2. The van der Waals surface area contributed by atoms with Gasteiger partial charge in [0.25, 0.3) is 5.56 Å². The number of hydrogen-bond acceptors (Lipinski definition) is 9. The SMILES string of the molecule is CC(=O)c1sc2nc(CSc3nnc(Nc4ccccc4)s3)[nH]c(=O)c2c1C. The lowest BCUT2D eigenvalue weighted by Gasteiger charge is -2.00. The summed E-state index contributed by atoms with van der Waals surface area (Å²) in [5, 5.41) is 12.7. The van der Waals surface area contributed by atoms with E-state index in [0.29, 0.717) is 37.4 Å². The summed E-state index contributed by atoms with van der Waals surface area (Å²) < 4.78 is 0.771. The molecule has 4 rings (SSSR count). The van der Waals surface area contributed by atoms with Gasteiger partial charge in [0.1, 0.15) is 10.7 Å². The summed E-state index contributed by atoms with van der Waals surface area (Å²) in [5.41, 5.74) is 1.42. The highest BCUT2D eigenvalue weighted by molar-refractivity contribution is 8.00. The number of Topliss-reactive ketones (excluding diaryl/α,β-unsaturated/α-hetero) is 1. The number of H-pyrrole nitrogens is 1. The van der Waals surface area contributed by atoms with Crippen LogP contribution in [-0.4, -0.2) is 25.9 Å². The molecular weight excluding hydrogens is 414 g/mol. The molecule has 0 unspecified atom stereocenters. The van der Waals surface area contributed by atoms with Crippen molar-refractivity contribution in [2.45, 2.75) is 23.9 Å². The number of nitrogens with zero attached hydrogens (tertiary/aromatic N) is 3. The summed E-state index contributed by atoms with van der Waals surface area (Å²) in [5.74, 6) is 0.951. The van der Waals surface area contributed by atoms with Gasteiger partial charge in [0.15, 0.2) is 10.1 Å². The molecular formula is C18H15N5O2S3. The number of fused-ring (bicyclic) bond motifs is 1. The quantitative estimate of drug-likeness (QED) is 0.346. The molecule has 0 aliphatic rings. The Bertz CT molecular complexity index is 1210. The molecule has 28 heavy (non-hydrogen) atoms. The third-order valence-electron chi connectivity index (χ3n) is 3.93. The molecule has 2 N–H and O–H groups in total. The van der Waals surface area contributed by atoms with Crippen LogP contribution in [0.3, 0.4) is 0 Å². The van der Waals surface area contributed by atoms with E-state index in [1.807, 2.05) is 30.3 Å². The number of thioether (sulfide) groups is 1. The van der Waals surface area contributed by atoms with Crippen molar-refractivity contribution in [3.8, 4) is 0 Å². The average molecular weight is 430 g/mol. The molecule has 0 saturated carbocycles. The molecule has 10 heteroatoms. The number of aromatic amines is 1. The van der Waals surface area contributed by atoms with Gasteiger partial charge in [-0.1, -0.05) is 41.3 Å². The Morgan fingerprint density at radius 1 is 1.21 bits per heavy atom. The number of aryl methyl sites for hydroxylation is 1. The van der Waals surface area contributed by atoms with E-state index in [1.165, 1.54) is 41.4 Å². The van der Waals surface area contributed by atoms with E-state index in [-0.39, 0.29) is 11.3 Å². The normalized spacial score (nSPS) is 11.1. The van der Waals surface area contributed by atoms with Gasteiger partial charge < -0.3 is 10.3 Å². The molecule has 0 aliphatic heterocycles. The first kappa shape index (κ1) is 18.8. The van der Waals surface area contributed by atoms with Gasteiger partial charge in [-0.25, -0.2) is 4.98 Å². The molecule has 4 aromatic rings. The number of rotatable bonds is 6. The fraction of sp³-hybridized carbons (Fsp3) is 0.167. The third kappa shape index (κ3) is 3.84. The van der Waals surface area contributed by atoms with E-state index in [2.05, 4.69) is 25.5 Å². The van der Waals surface area contributed by atoms with Gasteiger partial charge in [0, 0.05) is 5.69 Å². The maximum Gasteiger partial charge on any atom is 0.259 e. The van der Waals surface area contributed by atoms with Gasteiger partial charge in [-0.15, -0.1) is 21.5 Å². The average Bonchev–Trinajstić information content (AvgIpc) is 3.25. The Morgan fingerprint density at radius 3 is 2.75 bits per heavy atom. The number of carbonyl (C=O) groups excluding carboxylic acids is 1. The van der Waals surface area contributed by atoms with Crippen LogP contribution < -0.4 is 10.9 Å². The number of nitrogens with one attached hydrogen (secondary N) is 2. The summed E-state index contributed by atoms with van der Waals surface area (Å²) in [6.45, 7) is 3.28. The van der Waals surface area contributed by atoms with Gasteiger partial charge in [-0.2, -0.15) is 0 Å². The number of benzene rings is 1. The Balaban J connectivity index is 1.50. The second-order valence-corrected chi connectivity index (χ2v) is 9.16. The zero-order valence-corrected chi connectivity index (χ0v) is 17.4. The molecule has 3 heterocycles. The van der Waals surface area contributed by atoms with Crippen molar-refractivity contribution in [2.75, 3.05) is 5.32 Å². The van der Waals surface area contributed by atoms with Crippen LogP contribution in [0.25, 0.3) is 10.2 Å². The van der Waals surface area contributed by atoms with Crippen molar-refractivity contribution in [3.05, 3.63) is 57.0 Å². The van der Waals surface area contributed by atoms with E-state index < -0.39 is 0 Å². The standard InChI is InChI=1S/C18H15N5O2S3/c1-9-13-15(25)20-12(21-16(13)27-14(9)10(2)24)8-26-18-23-22-17(28-18)19-11-6-4-3-5-7-11/h3-7H,8H2,1-2H3,(H,19,22)(H,20,21,25). The van der Waals surface area contributed by atoms with Crippen LogP contribution in [-0.2, 0) is 5.75 Å². The summed E-state index contributed by atoms with van der Waals surface area (Å²) in [7, 11) is 0. The molecule has 3 aromatic heterocycles. The summed E-state index contributed by atoms with van der Waals surface area (Å²) in [6.07, 6.45) is 0. The van der Waals surface area contributed by atoms with Crippen LogP contribution in [0.1, 0.15) is 28.0 Å². The minimum atomic E-state index is -0.217. The molecule has 0 radical (unpaired) electrons. The van der Waals surface area contributed by atoms with Crippen molar-refractivity contribution in [1.82, 2.24) is 20.2 Å². The minimum Gasteiger partial charge on any atom is -0.330 e. The lowest BCUT2D eigenvalue weighted by molar-refractivity contribution is 0.102. The number of hydrogen-bond donors (Lipinski definition) is 2. The largest absolute Gasteiger partial charge is 0.330 e. The van der Waals surface area contributed by atoms with Gasteiger partial charge >= 0.3 is 0 Å². The molecule has 0 bridgehead atoms. The molecule has 142 valence electrons. The van der Waals surface area contributed by atoms with Crippen LogP contribution >= 0.6 is 34.4 Å². The number of ketones is 1. The van der Waals surface area contributed by atoms with Crippen molar-refractivity contribution in [2.24, 2.45) is 0 Å². The van der Waals surface area contributed by atoms with Crippen molar-refractivity contribution in [1.29, 1.82) is 0 Å². The van der Waals surface area contributed by atoms with E-state index >= 15 is 0 Å². The predicted molar refractivity (Wildman–Crippen MR) is 114 cm³/mol. The smallest absolute Gasteiger partial charge is 0.259 e. The molecule has 0 atom stereocenters. The maximum atomic E-state index is 12.4. The summed E-state index contributed by atoms with van der Waals surface area (Å²) in [4.78, 5) is 32.7. The Labute approximate surface area is 172 Å². The van der Waals surface area contributed by atoms with Crippen molar-refractivity contribution < 1.29 is 4.79 Å². The van der Waals surface area contributed by atoms with Gasteiger partial charge in [-0.05, 0) is 31.5 Å². The van der Waals surface area contributed by atoms with E-state index in [0.717, 1.165) is 10.0 Å². The second-order valence-electron chi connectivity index (χ2n) is 5.96. The van der Waals surface area contributed by atoms with Crippen LogP contribution in [0.15, 0.2) is 39.5 Å². The fourth-order valence-corrected chi connectivity index (χ4v) is 5.42. The Hall–Kier alpha value is -2.56. The predicted octanol–water partition coefficient (Wildman–Crippen LogP) is 4.38. The van der Waals surface area contributed by atoms with Crippen LogP contribution in [0.2, 0.25) is 0 Å². The van der Waals surface area contributed by atoms with E-state index in [1.54, 1.807) is 6.92 Å². The molecule has 0 amide bonds. The highest BCUT2D eigenvalue weighted by Gasteiger charge is 2.17. The molecule has 0 spiro atoms. The minimum absolute atomic E-state index is 0.0527. The first-order valence-corrected chi connectivity index (χ1v) is 10.9. The number of thiophene rings is 1. The summed E-state index contributed by atoms with van der Waals surface area (Å²) >= 11 is 4.14. The number of aromatic nitrogens is 4. The molecule has 7 nitrogen and oxygen atoms in total. The van der Waals surface area contributed by atoms with Crippen LogP contribution in [0, 0.1) is 6.92 Å². The van der Waals surface area contributed by atoms with Crippen LogP contribution in [0.5, 0.6) is 0 Å². The lowest BCUT2D eigenvalue weighted by Crippen LogP contribution is -2.11. The fourth-order valence-electron chi connectivity index (χ4n) is 2.69. The third-order valence-corrected chi connectivity index (χ3v) is 7.20. The zero-order valence-electron chi connectivity index (χ0n) is 15.0. The molecule has 0 saturated heterocycles.